The van der Waals surface area contributed by atoms with Crippen molar-refractivity contribution in [1.29, 1.82) is 0 Å². The fourth-order valence-electron chi connectivity index (χ4n) is 3.24. The van der Waals surface area contributed by atoms with Crippen LogP contribution in [0.25, 0.3) is 16.0 Å². The van der Waals surface area contributed by atoms with E-state index in [0.29, 0.717) is 35.0 Å². The first-order valence-electron chi connectivity index (χ1n) is 9.48. The average molecular weight is 413 g/mol. The average Bonchev–Trinajstić information content (AvgIpc) is 3.35. The minimum Gasteiger partial charge on any atom is -0.326 e. The highest BCUT2D eigenvalue weighted by Crippen LogP contribution is 2.20. The molecule has 3 aromatic heterocycles. The van der Waals surface area contributed by atoms with Gasteiger partial charge in [0.05, 0.1) is 5.52 Å². The van der Waals surface area contributed by atoms with Gasteiger partial charge in [0, 0.05) is 25.1 Å². The molecule has 4 aromatic rings. The SMILES string of the molecule is CCCCn1c(=O)c2sccc2n2c(CCC(=O)Nc3ccc(F)cc3)nnc12. The fraction of sp³-hybridized carbons (Fsp3) is 0.300. The summed E-state index contributed by atoms with van der Waals surface area (Å²) in [6.07, 6.45) is 2.39. The smallest absolute Gasteiger partial charge is 0.272 e. The molecule has 0 aliphatic rings. The third-order valence-electron chi connectivity index (χ3n) is 4.72. The number of nitrogens with zero attached hydrogens (tertiary/aromatic N) is 4. The van der Waals surface area contributed by atoms with Crippen molar-refractivity contribution in [2.45, 2.75) is 39.2 Å². The summed E-state index contributed by atoms with van der Waals surface area (Å²) in [5.74, 6) is 0.576. The highest BCUT2D eigenvalue weighted by Gasteiger charge is 2.17. The molecule has 4 rings (SSSR count). The Morgan fingerprint density at radius 1 is 1.21 bits per heavy atom. The second kappa shape index (κ2) is 8.12. The van der Waals surface area contributed by atoms with Crippen molar-refractivity contribution >= 4 is 38.9 Å². The van der Waals surface area contributed by atoms with Crippen LogP contribution in [-0.2, 0) is 17.8 Å². The van der Waals surface area contributed by atoms with Gasteiger partial charge in [0.15, 0.2) is 0 Å². The first kappa shape index (κ1) is 19.3. The monoisotopic (exact) mass is 413 g/mol. The molecule has 1 aromatic carbocycles. The Morgan fingerprint density at radius 2 is 2.00 bits per heavy atom. The molecule has 7 nitrogen and oxygen atoms in total. The van der Waals surface area contributed by atoms with Gasteiger partial charge in [-0.15, -0.1) is 21.5 Å². The molecule has 0 fully saturated rings. The van der Waals surface area contributed by atoms with Gasteiger partial charge in [-0.3, -0.25) is 18.6 Å². The van der Waals surface area contributed by atoms with Crippen molar-refractivity contribution in [2.24, 2.45) is 0 Å². The first-order chi connectivity index (χ1) is 14.1. The summed E-state index contributed by atoms with van der Waals surface area (Å²) in [5.41, 5.74) is 1.25. The van der Waals surface area contributed by atoms with E-state index < -0.39 is 0 Å². The number of thiophene rings is 1. The number of aromatic nitrogens is 4. The minimum absolute atomic E-state index is 0.0519. The van der Waals surface area contributed by atoms with Gasteiger partial charge in [0.1, 0.15) is 16.3 Å². The van der Waals surface area contributed by atoms with E-state index in [9.17, 15) is 14.0 Å². The van der Waals surface area contributed by atoms with Crippen LogP contribution in [0.2, 0.25) is 0 Å². The molecule has 150 valence electrons. The zero-order chi connectivity index (χ0) is 20.4. The molecule has 29 heavy (non-hydrogen) atoms. The summed E-state index contributed by atoms with van der Waals surface area (Å²) in [4.78, 5) is 25.1. The van der Waals surface area contributed by atoms with E-state index in [1.165, 1.54) is 35.6 Å². The van der Waals surface area contributed by atoms with Gasteiger partial charge in [-0.2, -0.15) is 0 Å². The van der Waals surface area contributed by atoms with Crippen LogP contribution in [0.5, 0.6) is 0 Å². The van der Waals surface area contributed by atoms with Crippen LogP contribution in [0.1, 0.15) is 32.0 Å². The lowest BCUT2D eigenvalue weighted by atomic mass is 10.2. The number of carbonyl (C=O) groups is 1. The van der Waals surface area contributed by atoms with Gasteiger partial charge in [-0.1, -0.05) is 13.3 Å². The van der Waals surface area contributed by atoms with Crippen molar-refractivity contribution in [2.75, 3.05) is 5.32 Å². The molecule has 0 spiro atoms. The summed E-state index contributed by atoms with van der Waals surface area (Å²) in [6.45, 7) is 2.65. The van der Waals surface area contributed by atoms with E-state index in [-0.39, 0.29) is 23.7 Å². The number of benzene rings is 1. The number of rotatable bonds is 7. The van der Waals surface area contributed by atoms with Gasteiger partial charge in [0.2, 0.25) is 11.7 Å². The zero-order valence-corrected chi connectivity index (χ0v) is 16.7. The van der Waals surface area contributed by atoms with Crippen molar-refractivity contribution in [3.63, 3.8) is 0 Å². The molecule has 9 heteroatoms. The van der Waals surface area contributed by atoms with Crippen molar-refractivity contribution < 1.29 is 9.18 Å². The van der Waals surface area contributed by atoms with Gasteiger partial charge in [-0.05, 0) is 42.1 Å². The number of anilines is 1. The number of aryl methyl sites for hydroxylation is 2. The normalized spacial score (nSPS) is 11.4. The maximum absolute atomic E-state index is 13.0. The van der Waals surface area contributed by atoms with Gasteiger partial charge in [0.25, 0.3) is 5.56 Å². The van der Waals surface area contributed by atoms with Gasteiger partial charge >= 0.3 is 0 Å². The van der Waals surface area contributed by atoms with Crippen LogP contribution in [0.3, 0.4) is 0 Å². The predicted octanol–water partition coefficient (Wildman–Crippen LogP) is 3.62. The highest BCUT2D eigenvalue weighted by molar-refractivity contribution is 7.17. The van der Waals surface area contributed by atoms with Crippen molar-refractivity contribution in [3.05, 3.63) is 57.7 Å². The quantitative estimate of drug-likeness (QED) is 0.502. The third kappa shape index (κ3) is 3.77. The molecule has 0 saturated carbocycles. The summed E-state index contributed by atoms with van der Waals surface area (Å²) >= 11 is 1.40. The topological polar surface area (TPSA) is 81.3 Å². The number of amides is 1. The lowest BCUT2D eigenvalue weighted by molar-refractivity contribution is -0.116. The van der Waals surface area contributed by atoms with Crippen LogP contribution in [0.15, 0.2) is 40.5 Å². The molecule has 0 aliphatic carbocycles. The number of halogens is 1. The Morgan fingerprint density at radius 3 is 2.76 bits per heavy atom. The highest BCUT2D eigenvalue weighted by atomic mass is 32.1. The Kier molecular flexibility index (Phi) is 5.39. The van der Waals surface area contributed by atoms with Crippen LogP contribution in [0, 0.1) is 5.82 Å². The number of nitrogens with one attached hydrogen (secondary N) is 1. The number of unbranched alkanes of at least 4 members (excludes halogenated alkanes) is 1. The Balaban J connectivity index is 1.61. The standard InChI is InChI=1S/C20H20FN5O2S/c1-2-3-11-25-19(28)18-15(10-12-29-18)26-16(23-24-20(25)26)8-9-17(27)22-14-6-4-13(21)5-7-14/h4-7,10,12H,2-3,8-9,11H2,1H3,(H,22,27). The van der Waals surface area contributed by atoms with E-state index in [0.717, 1.165) is 18.4 Å². The third-order valence-corrected chi connectivity index (χ3v) is 5.61. The molecular formula is C20H20FN5O2S. The molecule has 1 amide bonds. The molecule has 3 heterocycles. The van der Waals surface area contributed by atoms with Crippen LogP contribution < -0.4 is 10.9 Å². The van der Waals surface area contributed by atoms with E-state index in [4.69, 9.17) is 0 Å². The number of fused-ring (bicyclic) bond motifs is 3. The first-order valence-corrected chi connectivity index (χ1v) is 10.4. The summed E-state index contributed by atoms with van der Waals surface area (Å²) in [6, 6.07) is 7.50. The Hall–Kier alpha value is -3.07. The van der Waals surface area contributed by atoms with E-state index in [1.807, 2.05) is 15.8 Å². The summed E-state index contributed by atoms with van der Waals surface area (Å²) in [5, 5.41) is 13.1. The lowest BCUT2D eigenvalue weighted by Gasteiger charge is -2.09. The Bertz CT molecular complexity index is 1230. The Labute approximate surface area is 169 Å². The van der Waals surface area contributed by atoms with Gasteiger partial charge in [-0.25, -0.2) is 4.39 Å². The molecule has 0 bridgehead atoms. The molecule has 0 unspecified atom stereocenters. The van der Waals surface area contributed by atoms with Crippen LogP contribution in [0.4, 0.5) is 10.1 Å². The molecular weight excluding hydrogens is 393 g/mol. The summed E-state index contributed by atoms with van der Waals surface area (Å²) < 4.78 is 17.2. The second-order valence-corrected chi connectivity index (χ2v) is 7.67. The van der Waals surface area contributed by atoms with Crippen molar-refractivity contribution in [1.82, 2.24) is 19.2 Å². The van der Waals surface area contributed by atoms with Crippen LogP contribution in [-0.4, -0.2) is 25.1 Å². The maximum atomic E-state index is 13.0. The fourth-order valence-corrected chi connectivity index (χ4v) is 4.07. The maximum Gasteiger partial charge on any atom is 0.272 e. The minimum atomic E-state index is -0.355. The molecule has 1 N–H and O–H groups in total. The number of hydrogen-bond donors (Lipinski definition) is 1. The summed E-state index contributed by atoms with van der Waals surface area (Å²) in [7, 11) is 0. The van der Waals surface area contributed by atoms with E-state index in [2.05, 4.69) is 22.4 Å². The number of carbonyl (C=O) groups excluding carboxylic acids is 1. The number of hydrogen-bond acceptors (Lipinski definition) is 5. The van der Waals surface area contributed by atoms with E-state index in [1.54, 1.807) is 4.57 Å². The van der Waals surface area contributed by atoms with Crippen molar-refractivity contribution in [3.8, 4) is 0 Å². The predicted molar refractivity (Wildman–Crippen MR) is 111 cm³/mol. The largest absolute Gasteiger partial charge is 0.326 e. The molecule has 0 saturated heterocycles. The molecule has 0 aliphatic heterocycles. The lowest BCUT2D eigenvalue weighted by Crippen LogP contribution is -2.23. The molecule has 0 radical (unpaired) electrons. The zero-order valence-electron chi connectivity index (χ0n) is 15.9. The molecule has 0 atom stereocenters. The van der Waals surface area contributed by atoms with Gasteiger partial charge < -0.3 is 5.32 Å². The van der Waals surface area contributed by atoms with E-state index >= 15 is 0 Å². The van der Waals surface area contributed by atoms with Crippen LogP contribution >= 0.6 is 11.3 Å². The second-order valence-electron chi connectivity index (χ2n) is 6.75.